The van der Waals surface area contributed by atoms with Gasteiger partial charge in [0.2, 0.25) is 0 Å². The number of carbonyl (C=O) groups excluding carboxylic acids is 1. The van der Waals surface area contributed by atoms with Gasteiger partial charge in [0.15, 0.2) is 0 Å². The van der Waals surface area contributed by atoms with Gasteiger partial charge in [0.1, 0.15) is 17.8 Å². The van der Waals surface area contributed by atoms with E-state index in [1.807, 2.05) is 11.0 Å². The highest BCUT2D eigenvalue weighted by Gasteiger charge is 2.22. The van der Waals surface area contributed by atoms with E-state index < -0.39 is 0 Å². The van der Waals surface area contributed by atoms with Gasteiger partial charge in [-0.1, -0.05) is 13.0 Å². The van der Waals surface area contributed by atoms with Gasteiger partial charge >= 0.3 is 0 Å². The van der Waals surface area contributed by atoms with Crippen LogP contribution in [-0.4, -0.2) is 33.9 Å². The van der Waals surface area contributed by atoms with Crippen LogP contribution >= 0.6 is 0 Å². The fraction of sp³-hybridized carbons (Fsp3) is 0.421. The average Bonchev–Trinajstić information content (AvgIpc) is 2.58. The van der Waals surface area contributed by atoms with Crippen molar-refractivity contribution in [2.24, 2.45) is 5.92 Å². The van der Waals surface area contributed by atoms with Gasteiger partial charge in [0.05, 0.1) is 0 Å². The molecule has 3 rings (SSSR count). The number of piperidine rings is 1. The van der Waals surface area contributed by atoms with Crippen LogP contribution < -0.4 is 5.32 Å². The van der Waals surface area contributed by atoms with Gasteiger partial charge < -0.3 is 10.2 Å². The lowest BCUT2D eigenvalue weighted by Gasteiger charge is -2.30. The standard InChI is InChI=1S/C19H24N4O/c1-13-6-8-23(9-7-13)19(24)17-11-18(21-12-20-17)22-16-5-4-14(2)15(3)10-16/h4-5,10-13H,6-9H2,1-3H3,(H,20,21,22). The van der Waals surface area contributed by atoms with Crippen LogP contribution in [0.5, 0.6) is 0 Å². The number of amides is 1. The van der Waals surface area contributed by atoms with Crippen molar-refractivity contribution in [1.29, 1.82) is 0 Å². The Morgan fingerprint density at radius 3 is 2.58 bits per heavy atom. The largest absolute Gasteiger partial charge is 0.340 e. The van der Waals surface area contributed by atoms with E-state index in [1.165, 1.54) is 17.5 Å². The van der Waals surface area contributed by atoms with Gasteiger partial charge in [-0.15, -0.1) is 0 Å². The summed E-state index contributed by atoms with van der Waals surface area (Å²) in [7, 11) is 0. The number of carbonyl (C=O) groups is 1. The Hall–Kier alpha value is -2.43. The molecule has 1 N–H and O–H groups in total. The summed E-state index contributed by atoms with van der Waals surface area (Å²) in [4.78, 5) is 22.9. The van der Waals surface area contributed by atoms with Gasteiger partial charge in [-0.2, -0.15) is 0 Å². The quantitative estimate of drug-likeness (QED) is 0.935. The molecule has 1 amide bonds. The third-order valence-corrected chi connectivity index (χ3v) is 4.74. The molecule has 126 valence electrons. The van der Waals surface area contributed by atoms with Gasteiger partial charge in [-0.05, 0) is 55.9 Å². The number of hydrogen-bond donors (Lipinski definition) is 1. The average molecular weight is 324 g/mol. The van der Waals surface area contributed by atoms with E-state index >= 15 is 0 Å². The maximum Gasteiger partial charge on any atom is 0.272 e. The summed E-state index contributed by atoms with van der Waals surface area (Å²) in [5.41, 5.74) is 3.87. The third-order valence-electron chi connectivity index (χ3n) is 4.74. The maximum atomic E-state index is 12.6. The lowest BCUT2D eigenvalue weighted by atomic mass is 9.99. The highest BCUT2D eigenvalue weighted by atomic mass is 16.2. The molecule has 5 heteroatoms. The Balaban J connectivity index is 1.73. The summed E-state index contributed by atoms with van der Waals surface area (Å²) >= 11 is 0. The smallest absolute Gasteiger partial charge is 0.272 e. The Kier molecular flexibility index (Phi) is 4.79. The molecular formula is C19H24N4O. The van der Waals surface area contributed by atoms with Gasteiger partial charge in [0, 0.05) is 24.8 Å². The zero-order valence-corrected chi connectivity index (χ0v) is 14.5. The van der Waals surface area contributed by atoms with Crippen LogP contribution in [0.2, 0.25) is 0 Å². The van der Waals surface area contributed by atoms with Crippen molar-refractivity contribution in [1.82, 2.24) is 14.9 Å². The van der Waals surface area contributed by atoms with E-state index in [9.17, 15) is 4.79 Å². The summed E-state index contributed by atoms with van der Waals surface area (Å²) < 4.78 is 0. The Labute approximate surface area is 143 Å². The molecular weight excluding hydrogens is 300 g/mol. The minimum atomic E-state index is -0.00700. The number of anilines is 2. The van der Waals surface area contributed by atoms with Crippen LogP contribution in [0.4, 0.5) is 11.5 Å². The summed E-state index contributed by atoms with van der Waals surface area (Å²) in [5.74, 6) is 1.33. The first kappa shape index (κ1) is 16.4. The zero-order chi connectivity index (χ0) is 17.1. The molecule has 1 aliphatic rings. The molecule has 1 aromatic heterocycles. The molecule has 0 aliphatic carbocycles. The van der Waals surface area contributed by atoms with Crippen LogP contribution in [0.1, 0.15) is 41.4 Å². The molecule has 2 heterocycles. The van der Waals surface area contributed by atoms with E-state index in [2.05, 4.69) is 48.2 Å². The van der Waals surface area contributed by atoms with Crippen molar-refractivity contribution in [3.63, 3.8) is 0 Å². The third kappa shape index (κ3) is 3.72. The number of benzene rings is 1. The van der Waals surface area contributed by atoms with Crippen molar-refractivity contribution in [3.05, 3.63) is 47.4 Å². The molecule has 1 saturated heterocycles. The summed E-state index contributed by atoms with van der Waals surface area (Å²) in [5, 5.41) is 3.26. The molecule has 1 aromatic carbocycles. The molecule has 0 bridgehead atoms. The SMILES string of the molecule is Cc1ccc(Nc2cc(C(=O)N3CCC(C)CC3)ncn2)cc1C. The normalized spacial score (nSPS) is 15.4. The molecule has 1 fully saturated rings. The van der Waals surface area contributed by atoms with Crippen molar-refractivity contribution in [2.75, 3.05) is 18.4 Å². The van der Waals surface area contributed by atoms with Crippen molar-refractivity contribution in [3.8, 4) is 0 Å². The predicted octanol–water partition coefficient (Wildman–Crippen LogP) is 3.71. The molecule has 1 aliphatic heterocycles. The highest BCUT2D eigenvalue weighted by molar-refractivity contribution is 5.93. The first-order valence-electron chi connectivity index (χ1n) is 8.48. The number of nitrogens with one attached hydrogen (secondary N) is 1. The molecule has 0 saturated carbocycles. The van der Waals surface area contributed by atoms with Crippen molar-refractivity contribution < 1.29 is 4.79 Å². The number of likely N-dealkylation sites (tertiary alicyclic amines) is 1. The molecule has 0 spiro atoms. The molecule has 0 unspecified atom stereocenters. The van der Waals surface area contributed by atoms with Crippen molar-refractivity contribution in [2.45, 2.75) is 33.6 Å². The number of aryl methyl sites for hydroxylation is 2. The highest BCUT2D eigenvalue weighted by Crippen LogP contribution is 2.20. The second kappa shape index (κ2) is 6.99. The number of hydrogen-bond acceptors (Lipinski definition) is 4. The number of aromatic nitrogens is 2. The molecule has 0 radical (unpaired) electrons. The first-order chi connectivity index (χ1) is 11.5. The van der Waals surface area contributed by atoms with E-state index in [-0.39, 0.29) is 5.91 Å². The van der Waals surface area contributed by atoms with E-state index in [4.69, 9.17) is 0 Å². The second-order valence-electron chi connectivity index (χ2n) is 6.69. The Morgan fingerprint density at radius 1 is 1.12 bits per heavy atom. The van der Waals surface area contributed by atoms with E-state index in [0.29, 0.717) is 17.4 Å². The van der Waals surface area contributed by atoms with Crippen LogP contribution in [0.25, 0.3) is 0 Å². The maximum absolute atomic E-state index is 12.6. The predicted molar refractivity (Wildman–Crippen MR) is 95.5 cm³/mol. The Morgan fingerprint density at radius 2 is 1.88 bits per heavy atom. The summed E-state index contributed by atoms with van der Waals surface area (Å²) in [6.07, 6.45) is 3.57. The van der Waals surface area contributed by atoms with Crippen LogP contribution in [0.3, 0.4) is 0 Å². The molecule has 5 nitrogen and oxygen atoms in total. The lowest BCUT2D eigenvalue weighted by Crippen LogP contribution is -2.38. The fourth-order valence-corrected chi connectivity index (χ4v) is 2.88. The zero-order valence-electron chi connectivity index (χ0n) is 14.5. The Bertz CT molecular complexity index is 736. The number of rotatable bonds is 3. The van der Waals surface area contributed by atoms with Crippen LogP contribution in [0, 0.1) is 19.8 Å². The minimum Gasteiger partial charge on any atom is -0.340 e. The molecule has 0 atom stereocenters. The molecule has 2 aromatic rings. The van der Waals surface area contributed by atoms with Crippen LogP contribution in [0.15, 0.2) is 30.6 Å². The lowest BCUT2D eigenvalue weighted by molar-refractivity contribution is 0.0691. The topological polar surface area (TPSA) is 58.1 Å². The number of nitrogens with zero attached hydrogens (tertiary/aromatic N) is 3. The van der Waals surface area contributed by atoms with Gasteiger partial charge in [-0.25, -0.2) is 9.97 Å². The summed E-state index contributed by atoms with van der Waals surface area (Å²) in [6, 6.07) is 7.89. The second-order valence-corrected chi connectivity index (χ2v) is 6.69. The van der Waals surface area contributed by atoms with Gasteiger partial charge in [-0.3, -0.25) is 4.79 Å². The van der Waals surface area contributed by atoms with E-state index in [1.54, 1.807) is 6.07 Å². The van der Waals surface area contributed by atoms with Gasteiger partial charge in [0.25, 0.3) is 5.91 Å². The fourth-order valence-electron chi connectivity index (χ4n) is 2.88. The van der Waals surface area contributed by atoms with Crippen LogP contribution in [-0.2, 0) is 0 Å². The minimum absolute atomic E-state index is 0.00700. The molecule has 24 heavy (non-hydrogen) atoms. The summed E-state index contributed by atoms with van der Waals surface area (Å²) in [6.45, 7) is 8.01. The first-order valence-corrected chi connectivity index (χ1v) is 8.48. The monoisotopic (exact) mass is 324 g/mol. The van der Waals surface area contributed by atoms with Crippen molar-refractivity contribution >= 4 is 17.4 Å². The van der Waals surface area contributed by atoms with E-state index in [0.717, 1.165) is 31.6 Å².